The monoisotopic (exact) mass is 476 g/mol. The van der Waals surface area contributed by atoms with E-state index in [2.05, 4.69) is 40.5 Å². The lowest BCUT2D eigenvalue weighted by molar-refractivity contribution is 0.0935. The largest absolute Gasteiger partial charge is 0.349 e. The van der Waals surface area contributed by atoms with Crippen LogP contribution in [0, 0.1) is 6.92 Å². The van der Waals surface area contributed by atoms with Gasteiger partial charge in [0.2, 0.25) is 0 Å². The molecule has 1 amide bonds. The normalized spacial score (nSPS) is 11.6. The van der Waals surface area contributed by atoms with E-state index >= 15 is 0 Å². The molecule has 5 rings (SSSR count). The smallest absolute Gasteiger partial charge is 0.270 e. The molecule has 178 valence electrons. The lowest BCUT2D eigenvalue weighted by Crippen LogP contribution is -2.27. The maximum Gasteiger partial charge on any atom is 0.270 e. The molecule has 1 aromatic carbocycles. The predicted molar refractivity (Wildman–Crippen MR) is 137 cm³/mol. The Morgan fingerprint density at radius 3 is 2.44 bits per heavy atom. The van der Waals surface area contributed by atoms with Crippen molar-refractivity contribution in [3.05, 3.63) is 103 Å². The molecule has 36 heavy (non-hydrogen) atoms. The molecule has 4 aromatic heterocycles. The fourth-order valence-corrected chi connectivity index (χ4v) is 3.68. The number of hydrogen-bond acceptors (Lipinski definition) is 7. The van der Waals surface area contributed by atoms with Gasteiger partial charge in [0, 0.05) is 41.5 Å². The molecule has 0 spiro atoms. The third-order valence-electron chi connectivity index (χ3n) is 5.57. The molecule has 0 saturated carbocycles. The highest BCUT2D eigenvalue weighted by molar-refractivity contribution is 5.92. The van der Waals surface area contributed by atoms with Crippen molar-refractivity contribution in [3.8, 4) is 22.6 Å². The lowest BCUT2D eigenvalue weighted by atomic mass is 10.1. The van der Waals surface area contributed by atoms with Crippen LogP contribution in [-0.4, -0.2) is 35.8 Å². The number of benzene rings is 1. The van der Waals surface area contributed by atoms with Gasteiger partial charge in [-0.25, -0.2) is 15.0 Å². The number of anilines is 2. The Morgan fingerprint density at radius 2 is 1.75 bits per heavy atom. The second-order valence-corrected chi connectivity index (χ2v) is 8.27. The molecule has 9 nitrogen and oxygen atoms in total. The van der Waals surface area contributed by atoms with E-state index in [-0.39, 0.29) is 11.9 Å². The number of nitrogens with zero attached hydrogens (tertiary/aromatic N) is 5. The topological polar surface area (TPSA) is 121 Å². The van der Waals surface area contributed by atoms with Crippen molar-refractivity contribution in [1.29, 1.82) is 0 Å². The Kier molecular flexibility index (Phi) is 6.44. The average Bonchev–Trinajstić information content (AvgIpc) is 3.42. The second kappa shape index (κ2) is 10.1. The van der Waals surface area contributed by atoms with E-state index in [9.17, 15) is 4.79 Å². The van der Waals surface area contributed by atoms with Gasteiger partial charge in [0.25, 0.3) is 5.91 Å². The number of aromatic amines is 1. The van der Waals surface area contributed by atoms with Crippen molar-refractivity contribution in [2.75, 3.05) is 5.32 Å². The number of carbonyl (C=O) groups excluding carboxylic acids is 1. The van der Waals surface area contributed by atoms with E-state index in [1.807, 2.05) is 62.4 Å². The first-order valence-electron chi connectivity index (χ1n) is 11.5. The fraction of sp³-hybridized carbons (Fsp3) is 0.111. The van der Waals surface area contributed by atoms with Crippen LogP contribution in [0.15, 0.2) is 85.6 Å². The summed E-state index contributed by atoms with van der Waals surface area (Å²) in [7, 11) is 0. The molecule has 0 radical (unpaired) electrons. The molecule has 1 atom stereocenters. The molecule has 9 heteroatoms. The van der Waals surface area contributed by atoms with Crippen LogP contribution in [0.4, 0.5) is 11.6 Å². The summed E-state index contributed by atoms with van der Waals surface area (Å²) in [4.78, 5) is 37.8. The second-order valence-electron chi connectivity index (χ2n) is 8.27. The number of imidazole rings is 1. The van der Waals surface area contributed by atoms with Crippen molar-refractivity contribution < 1.29 is 4.79 Å². The van der Waals surface area contributed by atoms with Crippen LogP contribution < -0.4 is 10.6 Å². The number of pyridine rings is 2. The summed E-state index contributed by atoms with van der Waals surface area (Å²) in [6.45, 7) is 3.80. The zero-order chi connectivity index (χ0) is 24.9. The Morgan fingerprint density at radius 1 is 0.889 bits per heavy atom. The van der Waals surface area contributed by atoms with Gasteiger partial charge in [0.05, 0.1) is 18.1 Å². The summed E-state index contributed by atoms with van der Waals surface area (Å²) >= 11 is 0. The maximum absolute atomic E-state index is 12.8. The van der Waals surface area contributed by atoms with Gasteiger partial charge in [-0.3, -0.25) is 14.8 Å². The van der Waals surface area contributed by atoms with Gasteiger partial charge < -0.3 is 15.6 Å². The standard InChI is InChI=1S/C27H24N8O/c1-17-12-24(34-25-15-28-16-31-25)35-26(32-17)21-9-11-23(30-14-21)27(36)33-18(2)20-8-10-22(29-13-20)19-6-4-3-5-7-19/h3-16,18H,1-2H3,(H,28,31)(H,33,36)(H,32,34,35). The fourth-order valence-electron chi connectivity index (χ4n) is 3.68. The van der Waals surface area contributed by atoms with Crippen molar-refractivity contribution in [2.45, 2.75) is 19.9 Å². The molecule has 0 aliphatic heterocycles. The van der Waals surface area contributed by atoms with Crippen molar-refractivity contribution >= 4 is 17.5 Å². The molecule has 4 heterocycles. The SMILES string of the molecule is Cc1cc(Nc2c[nH]cn2)nc(-c2ccc(C(=O)NC(C)c3ccc(-c4ccccc4)nc3)nc2)n1. The van der Waals surface area contributed by atoms with Gasteiger partial charge in [-0.1, -0.05) is 36.4 Å². The van der Waals surface area contributed by atoms with Crippen LogP contribution in [0.25, 0.3) is 22.6 Å². The third-order valence-corrected chi connectivity index (χ3v) is 5.57. The number of aromatic nitrogens is 6. The summed E-state index contributed by atoms with van der Waals surface area (Å²) in [5, 5.41) is 6.11. The Hall–Kier alpha value is -4.92. The van der Waals surface area contributed by atoms with E-state index in [1.165, 1.54) is 0 Å². The predicted octanol–water partition coefficient (Wildman–Crippen LogP) is 4.87. The van der Waals surface area contributed by atoms with Crippen LogP contribution in [0.1, 0.15) is 34.7 Å². The lowest BCUT2D eigenvalue weighted by Gasteiger charge is -2.14. The third kappa shape index (κ3) is 5.25. The zero-order valence-electron chi connectivity index (χ0n) is 19.8. The van der Waals surface area contributed by atoms with E-state index in [1.54, 1.807) is 37.1 Å². The van der Waals surface area contributed by atoms with Crippen molar-refractivity contribution in [1.82, 2.24) is 35.2 Å². The highest BCUT2D eigenvalue weighted by Crippen LogP contribution is 2.21. The minimum atomic E-state index is -0.271. The molecule has 0 saturated heterocycles. The van der Waals surface area contributed by atoms with Crippen molar-refractivity contribution in [3.63, 3.8) is 0 Å². The Balaban J connectivity index is 1.26. The molecule has 3 N–H and O–H groups in total. The number of aryl methyl sites for hydroxylation is 1. The number of carbonyl (C=O) groups is 1. The van der Waals surface area contributed by atoms with Crippen LogP contribution in [0.2, 0.25) is 0 Å². The molecular formula is C27H24N8O. The van der Waals surface area contributed by atoms with Crippen LogP contribution in [0.3, 0.4) is 0 Å². The summed E-state index contributed by atoms with van der Waals surface area (Å²) in [6, 6.07) is 18.9. The number of amides is 1. The maximum atomic E-state index is 12.8. The van der Waals surface area contributed by atoms with Gasteiger partial charge >= 0.3 is 0 Å². The first-order valence-corrected chi connectivity index (χ1v) is 11.5. The molecule has 0 aliphatic rings. The molecule has 1 unspecified atom stereocenters. The van der Waals surface area contributed by atoms with Gasteiger partial charge in [0.1, 0.15) is 17.3 Å². The van der Waals surface area contributed by atoms with Gasteiger partial charge in [0.15, 0.2) is 5.82 Å². The summed E-state index contributed by atoms with van der Waals surface area (Å²) in [5.74, 6) is 1.51. The minimum Gasteiger partial charge on any atom is -0.349 e. The van der Waals surface area contributed by atoms with Crippen LogP contribution in [-0.2, 0) is 0 Å². The summed E-state index contributed by atoms with van der Waals surface area (Å²) in [6.07, 6.45) is 6.71. The first kappa shape index (κ1) is 22.9. The zero-order valence-corrected chi connectivity index (χ0v) is 19.8. The first-order chi connectivity index (χ1) is 17.5. The number of H-pyrrole nitrogens is 1. The number of rotatable bonds is 7. The van der Waals surface area contributed by atoms with Crippen molar-refractivity contribution in [2.24, 2.45) is 0 Å². The molecular weight excluding hydrogens is 452 g/mol. The average molecular weight is 477 g/mol. The van der Waals surface area contributed by atoms with E-state index in [4.69, 9.17) is 0 Å². The Labute approximate surface area is 208 Å². The quantitative estimate of drug-likeness (QED) is 0.306. The van der Waals surface area contributed by atoms with Crippen LogP contribution in [0.5, 0.6) is 0 Å². The molecule has 0 aliphatic carbocycles. The van der Waals surface area contributed by atoms with Gasteiger partial charge in [-0.05, 0) is 37.6 Å². The van der Waals surface area contributed by atoms with Gasteiger partial charge in [-0.15, -0.1) is 0 Å². The van der Waals surface area contributed by atoms with E-state index in [0.29, 0.717) is 28.7 Å². The number of hydrogen-bond donors (Lipinski definition) is 3. The molecule has 0 bridgehead atoms. The summed E-state index contributed by atoms with van der Waals surface area (Å²) in [5.41, 5.74) is 4.64. The number of nitrogens with one attached hydrogen (secondary N) is 3. The molecule has 0 fully saturated rings. The highest BCUT2D eigenvalue weighted by atomic mass is 16.1. The summed E-state index contributed by atoms with van der Waals surface area (Å²) < 4.78 is 0. The van der Waals surface area contributed by atoms with Crippen LogP contribution >= 0.6 is 0 Å². The molecule has 5 aromatic rings. The van der Waals surface area contributed by atoms with E-state index < -0.39 is 0 Å². The Bertz CT molecular complexity index is 1450. The highest BCUT2D eigenvalue weighted by Gasteiger charge is 2.14. The minimum absolute atomic E-state index is 0.230. The van der Waals surface area contributed by atoms with Gasteiger partial charge in [-0.2, -0.15) is 0 Å². The van der Waals surface area contributed by atoms with E-state index in [0.717, 1.165) is 22.5 Å².